The maximum atomic E-state index is 10.2. The van der Waals surface area contributed by atoms with E-state index in [4.69, 9.17) is 39.5 Å². The minimum Gasteiger partial charge on any atom is -0.388 e. The van der Waals surface area contributed by atoms with Crippen LogP contribution in [0.2, 0.25) is 15.3 Å². The Morgan fingerprint density at radius 1 is 1.19 bits per heavy atom. The van der Waals surface area contributed by atoms with E-state index in [0.29, 0.717) is 27.5 Å². The number of benzene rings is 1. The van der Waals surface area contributed by atoms with E-state index in [2.05, 4.69) is 4.98 Å². The second-order valence-corrected chi connectivity index (χ2v) is 6.11. The molecule has 3 rings (SSSR count). The highest BCUT2D eigenvalue weighted by atomic mass is 35.5. The lowest BCUT2D eigenvalue weighted by Crippen LogP contribution is -2.31. The van der Waals surface area contributed by atoms with Gasteiger partial charge in [-0.3, -0.25) is 4.57 Å². The number of hydrogen-bond donors (Lipinski definition) is 2. The van der Waals surface area contributed by atoms with Crippen molar-refractivity contribution in [2.45, 2.75) is 37.9 Å². The molecule has 8 heteroatoms. The SMILES string of the molecule is CC[C@H]1O[C@@H](n2c(Cl)nc3cc(Cl)c(Cl)cc32)[C@H](O)[C@@H]1O. The Hall–Kier alpha value is -0.560. The third-order valence-electron chi connectivity index (χ3n) is 3.68. The van der Waals surface area contributed by atoms with Crippen LogP contribution in [0.15, 0.2) is 12.1 Å². The van der Waals surface area contributed by atoms with Gasteiger partial charge in [0.1, 0.15) is 12.2 Å². The van der Waals surface area contributed by atoms with E-state index >= 15 is 0 Å². The summed E-state index contributed by atoms with van der Waals surface area (Å²) in [5, 5.41) is 21.0. The molecule has 0 radical (unpaired) electrons. The molecule has 21 heavy (non-hydrogen) atoms. The average Bonchev–Trinajstić information content (AvgIpc) is 2.89. The van der Waals surface area contributed by atoms with Crippen molar-refractivity contribution in [1.82, 2.24) is 9.55 Å². The van der Waals surface area contributed by atoms with Crippen LogP contribution in [0.4, 0.5) is 0 Å². The van der Waals surface area contributed by atoms with Gasteiger partial charge in [-0.25, -0.2) is 4.98 Å². The van der Waals surface area contributed by atoms with Crippen molar-refractivity contribution in [1.29, 1.82) is 0 Å². The molecule has 0 unspecified atom stereocenters. The number of aromatic nitrogens is 2. The number of hydrogen-bond acceptors (Lipinski definition) is 4. The van der Waals surface area contributed by atoms with E-state index in [1.807, 2.05) is 6.92 Å². The number of imidazole rings is 1. The van der Waals surface area contributed by atoms with Crippen LogP contribution in [0.5, 0.6) is 0 Å². The lowest BCUT2D eigenvalue weighted by atomic mass is 10.1. The van der Waals surface area contributed by atoms with Crippen LogP contribution in [-0.2, 0) is 4.74 Å². The highest BCUT2D eigenvalue weighted by Crippen LogP contribution is 2.37. The van der Waals surface area contributed by atoms with E-state index in [0.717, 1.165) is 0 Å². The van der Waals surface area contributed by atoms with Gasteiger partial charge in [0, 0.05) is 0 Å². The van der Waals surface area contributed by atoms with Gasteiger partial charge in [0.2, 0.25) is 5.28 Å². The quantitative estimate of drug-likeness (QED) is 0.873. The van der Waals surface area contributed by atoms with Gasteiger partial charge >= 0.3 is 0 Å². The van der Waals surface area contributed by atoms with Crippen molar-refractivity contribution < 1.29 is 14.9 Å². The third-order valence-corrected chi connectivity index (χ3v) is 4.67. The minimum absolute atomic E-state index is 0.135. The molecular weight excluding hydrogens is 339 g/mol. The molecule has 0 saturated carbocycles. The fourth-order valence-corrected chi connectivity index (χ4v) is 3.18. The molecule has 0 amide bonds. The number of fused-ring (bicyclic) bond motifs is 1. The van der Waals surface area contributed by atoms with Gasteiger partial charge in [0.15, 0.2) is 6.23 Å². The summed E-state index contributed by atoms with van der Waals surface area (Å²) in [4.78, 5) is 4.18. The number of aliphatic hydroxyl groups excluding tert-OH is 2. The zero-order chi connectivity index (χ0) is 15.3. The summed E-state index contributed by atoms with van der Waals surface area (Å²) in [7, 11) is 0. The summed E-state index contributed by atoms with van der Waals surface area (Å²) in [6.07, 6.45) is -2.78. The highest BCUT2D eigenvalue weighted by Gasteiger charge is 2.43. The Kier molecular flexibility index (Phi) is 4.07. The van der Waals surface area contributed by atoms with Crippen LogP contribution >= 0.6 is 34.8 Å². The number of rotatable bonds is 2. The van der Waals surface area contributed by atoms with Gasteiger partial charge in [0.05, 0.1) is 27.2 Å². The molecule has 5 nitrogen and oxygen atoms in total. The second kappa shape index (κ2) is 5.57. The van der Waals surface area contributed by atoms with Crippen molar-refractivity contribution in [3.63, 3.8) is 0 Å². The lowest BCUT2D eigenvalue weighted by Gasteiger charge is -2.18. The Bertz CT molecular complexity index is 691. The molecule has 1 aliphatic rings. The topological polar surface area (TPSA) is 67.5 Å². The van der Waals surface area contributed by atoms with Gasteiger partial charge in [-0.2, -0.15) is 0 Å². The summed E-state index contributed by atoms with van der Waals surface area (Å²) in [5.41, 5.74) is 1.13. The molecule has 114 valence electrons. The van der Waals surface area contributed by atoms with Crippen LogP contribution in [0.25, 0.3) is 11.0 Å². The second-order valence-electron chi connectivity index (χ2n) is 4.96. The first-order chi connectivity index (χ1) is 9.93. The number of halogens is 3. The smallest absolute Gasteiger partial charge is 0.206 e. The van der Waals surface area contributed by atoms with Crippen LogP contribution in [0.3, 0.4) is 0 Å². The van der Waals surface area contributed by atoms with E-state index < -0.39 is 24.5 Å². The summed E-state index contributed by atoms with van der Waals surface area (Å²) < 4.78 is 7.22. The predicted molar refractivity (Wildman–Crippen MR) is 81.0 cm³/mol. The summed E-state index contributed by atoms with van der Waals surface area (Å²) in [6.45, 7) is 1.87. The Balaban J connectivity index is 2.12. The maximum absolute atomic E-state index is 10.2. The van der Waals surface area contributed by atoms with Gasteiger partial charge < -0.3 is 14.9 Å². The van der Waals surface area contributed by atoms with Gasteiger partial charge in [-0.1, -0.05) is 30.1 Å². The molecule has 1 aromatic carbocycles. The first-order valence-corrected chi connectivity index (χ1v) is 7.61. The molecule has 1 aliphatic heterocycles. The molecule has 1 aromatic heterocycles. The summed E-state index contributed by atoms with van der Waals surface area (Å²) in [5.74, 6) is 0. The van der Waals surface area contributed by atoms with Crippen molar-refractivity contribution in [3.8, 4) is 0 Å². The maximum Gasteiger partial charge on any atom is 0.206 e. The lowest BCUT2D eigenvalue weighted by molar-refractivity contribution is -0.0351. The van der Waals surface area contributed by atoms with Crippen LogP contribution in [-0.4, -0.2) is 38.1 Å². The molecule has 1 fully saturated rings. The van der Waals surface area contributed by atoms with Crippen LogP contribution < -0.4 is 0 Å². The van der Waals surface area contributed by atoms with Crippen molar-refractivity contribution in [2.75, 3.05) is 0 Å². The normalized spacial score (nSPS) is 29.4. The molecule has 0 aliphatic carbocycles. The largest absolute Gasteiger partial charge is 0.388 e. The van der Waals surface area contributed by atoms with Gasteiger partial charge in [-0.05, 0) is 30.2 Å². The predicted octanol–water partition coefficient (Wildman–Crippen LogP) is 3.03. The monoisotopic (exact) mass is 350 g/mol. The molecule has 0 spiro atoms. The first kappa shape index (κ1) is 15.3. The van der Waals surface area contributed by atoms with E-state index in [-0.39, 0.29) is 5.28 Å². The standard InChI is InChI=1S/C13H13Cl3N2O3/c1-2-9-10(19)11(20)12(21-9)18-8-4-6(15)5(14)3-7(8)17-13(18)16/h3-4,9-12,19-20H,2H2,1H3/t9-,10-,11-,12-/m1/s1. The Labute approximate surface area is 136 Å². The average molecular weight is 352 g/mol. The minimum atomic E-state index is -1.10. The van der Waals surface area contributed by atoms with E-state index in [1.165, 1.54) is 4.57 Å². The first-order valence-electron chi connectivity index (χ1n) is 6.48. The highest BCUT2D eigenvalue weighted by molar-refractivity contribution is 6.42. The number of nitrogens with zero attached hydrogens (tertiary/aromatic N) is 2. The summed E-state index contributed by atoms with van der Waals surface area (Å²) >= 11 is 18.1. The fourth-order valence-electron chi connectivity index (χ4n) is 2.58. The fraction of sp³-hybridized carbons (Fsp3) is 0.462. The van der Waals surface area contributed by atoms with Crippen molar-refractivity contribution in [2.24, 2.45) is 0 Å². The zero-order valence-electron chi connectivity index (χ0n) is 11.0. The zero-order valence-corrected chi connectivity index (χ0v) is 13.3. The van der Waals surface area contributed by atoms with Crippen molar-refractivity contribution in [3.05, 3.63) is 27.5 Å². The third kappa shape index (κ3) is 2.42. The number of ether oxygens (including phenoxy) is 1. The Morgan fingerprint density at radius 2 is 1.86 bits per heavy atom. The molecule has 2 N–H and O–H groups in total. The molecule has 1 saturated heterocycles. The van der Waals surface area contributed by atoms with Gasteiger partial charge in [-0.15, -0.1) is 0 Å². The Morgan fingerprint density at radius 3 is 2.48 bits per heavy atom. The molecule has 2 aromatic rings. The summed E-state index contributed by atoms with van der Waals surface area (Å²) in [6, 6.07) is 3.20. The van der Waals surface area contributed by atoms with Gasteiger partial charge in [0.25, 0.3) is 0 Å². The van der Waals surface area contributed by atoms with E-state index in [1.54, 1.807) is 12.1 Å². The van der Waals surface area contributed by atoms with E-state index in [9.17, 15) is 10.2 Å². The molecule has 2 heterocycles. The van der Waals surface area contributed by atoms with Crippen LogP contribution in [0.1, 0.15) is 19.6 Å². The molecular formula is C13H13Cl3N2O3. The number of aliphatic hydroxyl groups is 2. The van der Waals surface area contributed by atoms with Crippen molar-refractivity contribution >= 4 is 45.8 Å². The molecule has 0 bridgehead atoms. The molecule has 4 atom stereocenters. The van der Waals surface area contributed by atoms with Crippen LogP contribution in [0, 0.1) is 0 Å².